The third-order valence-corrected chi connectivity index (χ3v) is 11.6. The van der Waals surface area contributed by atoms with Crippen LogP contribution in [0, 0.1) is 0 Å². The maximum Gasteiger partial charge on any atom is 0.135 e. The minimum Gasteiger partial charge on any atom is -0.456 e. The van der Waals surface area contributed by atoms with E-state index in [0.29, 0.717) is 0 Å². The van der Waals surface area contributed by atoms with Crippen LogP contribution in [-0.2, 0) is 0 Å². The lowest BCUT2D eigenvalue weighted by Crippen LogP contribution is -2.09. The van der Waals surface area contributed by atoms with Gasteiger partial charge in [-0.25, -0.2) is 0 Å². The molecule has 0 N–H and O–H groups in total. The molecule has 4 heteroatoms. The van der Waals surface area contributed by atoms with Gasteiger partial charge in [-0.2, -0.15) is 0 Å². The molecule has 11 aromatic rings. The predicted octanol–water partition coefficient (Wildman–Crippen LogP) is 15.3. The molecule has 4 nitrogen and oxygen atoms in total. The Hall–Kier alpha value is -7.82. The SMILES string of the molecule is c1ccc(-n2c3ccccc3c3cc(N(c4ccc(-c5ccc6c(c5)-c5ccccc5Oc5ccccc5-6)cc4)c4ccc5oc6ccccc6c5c4)ccc32)cc1. The lowest BCUT2D eigenvalue weighted by Gasteiger charge is -2.26. The number of ether oxygens (including phenoxy) is 1. The number of furan rings is 1. The van der Waals surface area contributed by atoms with Gasteiger partial charge in [0.2, 0.25) is 0 Å². The highest BCUT2D eigenvalue weighted by molar-refractivity contribution is 6.11. The fourth-order valence-corrected chi connectivity index (χ4v) is 8.91. The van der Waals surface area contributed by atoms with Crippen LogP contribution in [0.2, 0.25) is 0 Å². The molecule has 0 saturated heterocycles. The third kappa shape index (κ3) is 5.09. The number of rotatable bonds is 5. The zero-order chi connectivity index (χ0) is 38.2. The smallest absolute Gasteiger partial charge is 0.135 e. The monoisotopic (exact) mass is 742 g/mol. The molecule has 0 atom stereocenters. The fraction of sp³-hybridized carbons (Fsp3) is 0. The summed E-state index contributed by atoms with van der Waals surface area (Å²) in [5.41, 5.74) is 15.2. The lowest BCUT2D eigenvalue weighted by molar-refractivity contribution is 0.488. The Morgan fingerprint density at radius 1 is 0.345 bits per heavy atom. The van der Waals surface area contributed by atoms with Crippen molar-refractivity contribution in [2.24, 2.45) is 0 Å². The van der Waals surface area contributed by atoms with Crippen molar-refractivity contribution < 1.29 is 9.15 Å². The number of fused-ring (bicyclic) bond motifs is 11. The molecular formula is C54H34N2O2. The molecule has 9 aromatic carbocycles. The minimum absolute atomic E-state index is 0.864. The molecule has 3 heterocycles. The summed E-state index contributed by atoms with van der Waals surface area (Å²) >= 11 is 0. The first-order valence-corrected chi connectivity index (χ1v) is 19.7. The first-order chi connectivity index (χ1) is 28.7. The van der Waals surface area contributed by atoms with Crippen molar-refractivity contribution in [3.05, 3.63) is 206 Å². The summed E-state index contributed by atoms with van der Waals surface area (Å²) < 4.78 is 15.1. The average molecular weight is 743 g/mol. The van der Waals surface area contributed by atoms with E-state index < -0.39 is 0 Å². The summed E-state index contributed by atoms with van der Waals surface area (Å²) in [4.78, 5) is 2.36. The highest BCUT2D eigenvalue weighted by atomic mass is 16.5. The fourth-order valence-electron chi connectivity index (χ4n) is 8.91. The maximum atomic E-state index is 6.46. The summed E-state index contributed by atoms with van der Waals surface area (Å²) in [6.45, 7) is 0. The van der Waals surface area contributed by atoms with Crippen LogP contribution in [0.4, 0.5) is 17.1 Å². The number of aromatic nitrogens is 1. The number of nitrogens with zero attached hydrogens (tertiary/aromatic N) is 2. The molecule has 2 aromatic heterocycles. The molecule has 0 fully saturated rings. The molecule has 0 aliphatic carbocycles. The third-order valence-electron chi connectivity index (χ3n) is 11.6. The van der Waals surface area contributed by atoms with Gasteiger partial charge < -0.3 is 18.6 Å². The van der Waals surface area contributed by atoms with Crippen molar-refractivity contribution in [2.75, 3.05) is 4.90 Å². The molecule has 0 saturated carbocycles. The zero-order valence-electron chi connectivity index (χ0n) is 31.3. The van der Waals surface area contributed by atoms with Crippen LogP contribution >= 0.6 is 0 Å². The molecule has 12 rings (SSSR count). The van der Waals surface area contributed by atoms with E-state index in [1.165, 1.54) is 27.4 Å². The molecule has 272 valence electrons. The molecule has 1 aliphatic rings. The lowest BCUT2D eigenvalue weighted by atomic mass is 9.91. The van der Waals surface area contributed by atoms with E-state index in [0.717, 1.165) is 84.0 Å². The number of hydrogen-bond donors (Lipinski definition) is 0. The van der Waals surface area contributed by atoms with Gasteiger partial charge >= 0.3 is 0 Å². The molecule has 58 heavy (non-hydrogen) atoms. The summed E-state index contributed by atoms with van der Waals surface area (Å²) in [6.07, 6.45) is 0. The topological polar surface area (TPSA) is 30.5 Å². The van der Waals surface area contributed by atoms with Gasteiger partial charge in [0.15, 0.2) is 0 Å². The number of hydrogen-bond acceptors (Lipinski definition) is 3. The van der Waals surface area contributed by atoms with Crippen LogP contribution in [-0.4, -0.2) is 4.57 Å². The standard InChI is InChI=1S/C54H34N2O2/c1-2-12-37(13-3-1)56-49-18-8-4-14-42(49)47-33-39(27-30-50(47)56)55(40-28-31-54-48(34-40)45-17-7-11-21-53(45)58-54)38-25-22-35(23-26-38)36-24-29-41-43-15-5-9-19-51(43)57-52-20-10-6-16-44(52)46(41)32-36/h1-34H. The second-order valence-electron chi connectivity index (χ2n) is 14.9. The quantitative estimate of drug-likeness (QED) is 0.176. The van der Waals surface area contributed by atoms with Gasteiger partial charge in [-0.1, -0.05) is 115 Å². The van der Waals surface area contributed by atoms with Crippen LogP contribution in [0.15, 0.2) is 211 Å². The second-order valence-corrected chi connectivity index (χ2v) is 14.9. The summed E-state index contributed by atoms with van der Waals surface area (Å²) in [6, 6.07) is 73.3. The number of benzene rings is 9. The van der Waals surface area contributed by atoms with E-state index in [-0.39, 0.29) is 0 Å². The van der Waals surface area contributed by atoms with Gasteiger partial charge in [-0.15, -0.1) is 0 Å². The Labute approximate surface area is 335 Å². The first kappa shape index (κ1) is 32.4. The molecular weight excluding hydrogens is 709 g/mol. The summed E-state index contributed by atoms with van der Waals surface area (Å²) in [5, 5.41) is 4.61. The first-order valence-electron chi connectivity index (χ1n) is 19.7. The molecule has 0 amide bonds. The summed E-state index contributed by atoms with van der Waals surface area (Å²) in [5.74, 6) is 1.73. The van der Waals surface area contributed by atoms with E-state index >= 15 is 0 Å². The molecule has 0 radical (unpaired) electrons. The molecule has 0 unspecified atom stereocenters. The Balaban J connectivity index is 1.02. The van der Waals surface area contributed by atoms with Crippen molar-refractivity contribution in [1.82, 2.24) is 4.57 Å². The van der Waals surface area contributed by atoms with Gasteiger partial charge in [-0.3, -0.25) is 0 Å². The Morgan fingerprint density at radius 3 is 1.74 bits per heavy atom. The molecule has 0 spiro atoms. The zero-order valence-corrected chi connectivity index (χ0v) is 31.3. The summed E-state index contributed by atoms with van der Waals surface area (Å²) in [7, 11) is 0. The van der Waals surface area contributed by atoms with E-state index in [2.05, 4.69) is 185 Å². The van der Waals surface area contributed by atoms with Crippen molar-refractivity contribution in [1.29, 1.82) is 0 Å². The van der Waals surface area contributed by atoms with Crippen LogP contribution in [0.3, 0.4) is 0 Å². The second kappa shape index (κ2) is 12.9. The van der Waals surface area contributed by atoms with Crippen LogP contribution in [0.5, 0.6) is 11.5 Å². The van der Waals surface area contributed by atoms with E-state index in [1.54, 1.807) is 0 Å². The highest BCUT2D eigenvalue weighted by Crippen LogP contribution is 2.48. The Kier molecular flexibility index (Phi) is 7.20. The molecule has 0 bridgehead atoms. The normalized spacial score (nSPS) is 11.9. The van der Waals surface area contributed by atoms with Crippen molar-refractivity contribution in [3.8, 4) is 50.6 Å². The predicted molar refractivity (Wildman–Crippen MR) is 239 cm³/mol. The van der Waals surface area contributed by atoms with Crippen molar-refractivity contribution in [2.45, 2.75) is 0 Å². The van der Waals surface area contributed by atoms with Gasteiger partial charge in [0.1, 0.15) is 22.7 Å². The average Bonchev–Trinajstić information content (AvgIpc) is 3.78. The van der Waals surface area contributed by atoms with Crippen molar-refractivity contribution in [3.63, 3.8) is 0 Å². The minimum atomic E-state index is 0.864. The number of para-hydroxylation sites is 5. The Bertz CT molecular complexity index is 3380. The van der Waals surface area contributed by atoms with E-state index in [9.17, 15) is 0 Å². The Morgan fingerprint density at radius 2 is 0.931 bits per heavy atom. The number of anilines is 3. The van der Waals surface area contributed by atoms with Gasteiger partial charge in [0.05, 0.1) is 11.0 Å². The van der Waals surface area contributed by atoms with Gasteiger partial charge in [-0.05, 0) is 113 Å². The van der Waals surface area contributed by atoms with Gasteiger partial charge in [0, 0.05) is 55.4 Å². The van der Waals surface area contributed by atoms with E-state index in [4.69, 9.17) is 9.15 Å². The highest BCUT2D eigenvalue weighted by Gasteiger charge is 2.22. The van der Waals surface area contributed by atoms with Gasteiger partial charge in [0.25, 0.3) is 0 Å². The largest absolute Gasteiger partial charge is 0.456 e. The van der Waals surface area contributed by atoms with Crippen LogP contribution in [0.1, 0.15) is 0 Å². The molecule has 1 aliphatic heterocycles. The van der Waals surface area contributed by atoms with Crippen LogP contribution in [0.25, 0.3) is 82.8 Å². The van der Waals surface area contributed by atoms with Crippen molar-refractivity contribution >= 4 is 60.8 Å². The van der Waals surface area contributed by atoms with Crippen LogP contribution < -0.4 is 9.64 Å². The maximum absolute atomic E-state index is 6.46. The van der Waals surface area contributed by atoms with E-state index in [1.807, 2.05) is 30.3 Å².